The van der Waals surface area contributed by atoms with E-state index in [1.54, 1.807) is 12.5 Å². The molecule has 0 amide bonds. The van der Waals surface area contributed by atoms with Gasteiger partial charge in [0.2, 0.25) is 0 Å². The van der Waals surface area contributed by atoms with E-state index in [9.17, 15) is 4.21 Å². The van der Waals surface area contributed by atoms with E-state index in [-0.39, 0.29) is 0 Å². The van der Waals surface area contributed by atoms with Crippen LogP contribution >= 0.6 is 11.6 Å². The molecule has 1 aromatic heterocycles. The lowest BCUT2D eigenvalue weighted by atomic mass is 10.1. The van der Waals surface area contributed by atoms with Crippen LogP contribution in [0.1, 0.15) is 22.4 Å². The lowest BCUT2D eigenvalue weighted by Gasteiger charge is -2.10. The number of imidazole rings is 1. The van der Waals surface area contributed by atoms with Crippen LogP contribution in [-0.2, 0) is 29.8 Å². The second kappa shape index (κ2) is 8.43. The quantitative estimate of drug-likeness (QED) is 0.683. The van der Waals surface area contributed by atoms with Crippen LogP contribution in [0.15, 0.2) is 61.1 Å². The van der Waals surface area contributed by atoms with E-state index < -0.39 is 11.0 Å². The molecule has 3 rings (SSSR count). The van der Waals surface area contributed by atoms with E-state index in [1.807, 2.05) is 24.3 Å². The molecule has 0 aliphatic rings. The van der Waals surface area contributed by atoms with Crippen LogP contribution < -0.4 is 4.72 Å². The molecule has 0 saturated carbocycles. The monoisotopic (exact) mass is 373 g/mol. The molecule has 0 radical (unpaired) electrons. The predicted octanol–water partition coefficient (Wildman–Crippen LogP) is 3.85. The zero-order valence-electron chi connectivity index (χ0n) is 14.0. The van der Waals surface area contributed by atoms with Crippen molar-refractivity contribution in [2.24, 2.45) is 0 Å². The number of aryl methyl sites for hydroxylation is 1. The molecule has 2 aromatic carbocycles. The molecule has 1 atom stereocenters. The Bertz CT molecular complexity index is 861. The first-order valence-corrected chi connectivity index (χ1v) is 9.71. The maximum Gasteiger partial charge on any atom is 0.0964 e. The van der Waals surface area contributed by atoms with Crippen molar-refractivity contribution in [2.75, 3.05) is 0 Å². The third-order valence-electron chi connectivity index (χ3n) is 3.87. The first-order valence-electron chi connectivity index (χ1n) is 8.01. The fourth-order valence-electron chi connectivity index (χ4n) is 2.51. The third kappa shape index (κ3) is 5.26. The Morgan fingerprint density at radius 3 is 2.72 bits per heavy atom. The van der Waals surface area contributed by atoms with Crippen LogP contribution in [0.2, 0.25) is 5.02 Å². The summed E-state index contributed by atoms with van der Waals surface area (Å²) in [4.78, 5) is 4.22. The van der Waals surface area contributed by atoms with Crippen LogP contribution in [0, 0.1) is 6.92 Å². The number of hydrogen-bond acceptors (Lipinski definition) is 2. The zero-order chi connectivity index (χ0) is 17.6. The zero-order valence-corrected chi connectivity index (χ0v) is 15.6. The molecule has 1 N–H and O–H groups in total. The summed E-state index contributed by atoms with van der Waals surface area (Å²) in [6.07, 6.45) is 3.61. The Balaban J connectivity index is 1.57. The Morgan fingerprint density at radius 2 is 1.96 bits per heavy atom. The first kappa shape index (κ1) is 17.9. The Morgan fingerprint density at radius 1 is 1.16 bits per heavy atom. The Labute approximate surface area is 155 Å². The average molecular weight is 374 g/mol. The number of benzene rings is 2. The van der Waals surface area contributed by atoms with Gasteiger partial charge in [0.1, 0.15) is 0 Å². The van der Waals surface area contributed by atoms with Gasteiger partial charge in [-0.25, -0.2) is 13.9 Å². The summed E-state index contributed by atoms with van der Waals surface area (Å²) in [5, 5.41) is 0.658. The van der Waals surface area contributed by atoms with Crippen molar-refractivity contribution in [2.45, 2.75) is 25.8 Å². The number of rotatable bonds is 7. The first-order chi connectivity index (χ1) is 12.1. The number of hydrogen-bond donors (Lipinski definition) is 1. The van der Waals surface area contributed by atoms with Gasteiger partial charge in [-0.15, -0.1) is 0 Å². The number of halogens is 1. The summed E-state index contributed by atoms with van der Waals surface area (Å²) in [5.74, 6) is 0.423. The minimum absolute atomic E-state index is 0.423. The van der Waals surface area contributed by atoms with Gasteiger partial charge in [0.15, 0.2) is 0 Å². The molecule has 1 unspecified atom stereocenters. The highest BCUT2D eigenvalue weighted by Crippen LogP contribution is 2.12. The van der Waals surface area contributed by atoms with E-state index in [0.717, 1.165) is 17.8 Å². The fraction of sp³-hybridized carbons (Fsp3) is 0.211. The van der Waals surface area contributed by atoms with Crippen molar-refractivity contribution in [3.05, 3.63) is 88.5 Å². The van der Waals surface area contributed by atoms with Gasteiger partial charge in [0.25, 0.3) is 0 Å². The second-order valence-electron chi connectivity index (χ2n) is 5.94. The highest BCUT2D eigenvalue weighted by Gasteiger charge is 2.07. The van der Waals surface area contributed by atoms with E-state index >= 15 is 0 Å². The fourth-order valence-corrected chi connectivity index (χ4v) is 3.62. The molecule has 6 heteroatoms. The van der Waals surface area contributed by atoms with Gasteiger partial charge in [-0.1, -0.05) is 53.6 Å². The predicted molar refractivity (Wildman–Crippen MR) is 103 cm³/mol. The Hall–Kier alpha value is -1.95. The van der Waals surface area contributed by atoms with Crippen molar-refractivity contribution < 1.29 is 4.21 Å². The molecule has 0 aliphatic carbocycles. The van der Waals surface area contributed by atoms with E-state index in [1.165, 1.54) is 11.1 Å². The smallest absolute Gasteiger partial charge is 0.0964 e. The van der Waals surface area contributed by atoms with Crippen LogP contribution in [0.25, 0.3) is 0 Å². The van der Waals surface area contributed by atoms with Crippen LogP contribution in [0.3, 0.4) is 0 Å². The van der Waals surface area contributed by atoms with Crippen molar-refractivity contribution in [3.63, 3.8) is 0 Å². The SMILES string of the molecule is Cc1ccc(Cn2cncc2CNS(=O)Cc2cccc(Cl)c2)cc1. The van der Waals surface area contributed by atoms with E-state index in [2.05, 4.69) is 45.5 Å². The van der Waals surface area contributed by atoms with Gasteiger partial charge in [0, 0.05) is 17.8 Å². The molecular weight excluding hydrogens is 354 g/mol. The topological polar surface area (TPSA) is 46.9 Å². The lowest BCUT2D eigenvalue weighted by Crippen LogP contribution is -2.20. The average Bonchev–Trinajstić information content (AvgIpc) is 3.02. The lowest BCUT2D eigenvalue weighted by molar-refractivity contribution is 0.663. The highest BCUT2D eigenvalue weighted by atomic mass is 35.5. The normalized spacial score (nSPS) is 12.2. The highest BCUT2D eigenvalue weighted by molar-refractivity contribution is 7.82. The second-order valence-corrected chi connectivity index (χ2v) is 7.64. The van der Waals surface area contributed by atoms with Gasteiger partial charge < -0.3 is 4.57 Å². The maximum atomic E-state index is 12.3. The molecule has 0 fully saturated rings. The van der Waals surface area contributed by atoms with Crippen molar-refractivity contribution in [1.82, 2.24) is 14.3 Å². The van der Waals surface area contributed by atoms with Gasteiger partial charge in [0.05, 0.1) is 35.3 Å². The van der Waals surface area contributed by atoms with Crippen molar-refractivity contribution in [3.8, 4) is 0 Å². The maximum absolute atomic E-state index is 12.3. The van der Waals surface area contributed by atoms with E-state index in [4.69, 9.17) is 11.6 Å². The standard InChI is InChI=1S/C19H20ClN3OS/c1-15-5-7-16(8-6-15)12-23-14-21-10-19(23)11-22-25(24)13-17-3-2-4-18(20)9-17/h2-10,14,22H,11-13H2,1H3. The van der Waals surface area contributed by atoms with Gasteiger partial charge in [-0.05, 0) is 30.2 Å². The molecule has 130 valence electrons. The van der Waals surface area contributed by atoms with Crippen LogP contribution in [0.5, 0.6) is 0 Å². The molecule has 0 aliphatic heterocycles. The van der Waals surface area contributed by atoms with Crippen molar-refractivity contribution >= 4 is 22.6 Å². The molecule has 4 nitrogen and oxygen atoms in total. The summed E-state index contributed by atoms with van der Waals surface area (Å²) in [6, 6.07) is 15.9. The number of aromatic nitrogens is 2. The molecule has 1 heterocycles. The summed E-state index contributed by atoms with van der Waals surface area (Å²) < 4.78 is 17.4. The number of nitrogens with one attached hydrogen (secondary N) is 1. The molecule has 0 bridgehead atoms. The summed E-state index contributed by atoms with van der Waals surface area (Å²) in [5.41, 5.74) is 4.41. The minimum Gasteiger partial charge on any atom is -0.329 e. The molecule has 0 spiro atoms. The van der Waals surface area contributed by atoms with Gasteiger partial charge in [-0.2, -0.15) is 0 Å². The molecule has 3 aromatic rings. The van der Waals surface area contributed by atoms with Crippen LogP contribution in [-0.4, -0.2) is 13.8 Å². The van der Waals surface area contributed by atoms with E-state index in [0.29, 0.717) is 17.3 Å². The van der Waals surface area contributed by atoms with Crippen LogP contribution in [0.4, 0.5) is 0 Å². The van der Waals surface area contributed by atoms with Gasteiger partial charge in [-0.3, -0.25) is 0 Å². The number of nitrogens with zero attached hydrogens (tertiary/aromatic N) is 2. The summed E-state index contributed by atoms with van der Waals surface area (Å²) in [6.45, 7) is 3.32. The van der Waals surface area contributed by atoms with Crippen molar-refractivity contribution in [1.29, 1.82) is 0 Å². The molecular formula is C19H20ClN3OS. The van der Waals surface area contributed by atoms with Gasteiger partial charge >= 0.3 is 0 Å². The largest absolute Gasteiger partial charge is 0.329 e. The Kier molecular flexibility index (Phi) is 6.02. The molecule has 25 heavy (non-hydrogen) atoms. The summed E-state index contributed by atoms with van der Waals surface area (Å²) >= 11 is 5.96. The summed E-state index contributed by atoms with van der Waals surface area (Å²) in [7, 11) is -1.17. The molecule has 0 saturated heterocycles. The minimum atomic E-state index is -1.17. The third-order valence-corrected chi connectivity index (χ3v) is 5.17.